The van der Waals surface area contributed by atoms with Gasteiger partial charge in [0.15, 0.2) is 0 Å². The second-order valence-electron chi connectivity index (χ2n) is 8.13. The summed E-state index contributed by atoms with van der Waals surface area (Å²) >= 11 is 0. The number of fused-ring (bicyclic) bond motifs is 1. The van der Waals surface area contributed by atoms with Crippen LogP contribution in [0.2, 0.25) is 0 Å². The molecule has 1 saturated heterocycles. The molecule has 0 spiro atoms. The van der Waals surface area contributed by atoms with E-state index in [1.54, 1.807) is 5.57 Å². The van der Waals surface area contributed by atoms with Crippen LogP contribution in [0.25, 0.3) is 0 Å². The maximum atomic E-state index is 12.1. The fourth-order valence-corrected chi connectivity index (χ4v) is 5.10. The van der Waals surface area contributed by atoms with Gasteiger partial charge in [-0.1, -0.05) is 12.5 Å². The summed E-state index contributed by atoms with van der Waals surface area (Å²) in [7, 11) is 0. The molecule has 128 valence electrons. The molecule has 0 amide bonds. The third kappa shape index (κ3) is 3.22. The van der Waals surface area contributed by atoms with E-state index in [2.05, 4.69) is 11.8 Å². The van der Waals surface area contributed by atoms with Crippen molar-refractivity contribution in [3.8, 4) is 0 Å². The Morgan fingerprint density at radius 1 is 1.17 bits per heavy atom. The Labute approximate surface area is 140 Å². The molecule has 0 radical (unpaired) electrons. The average molecular weight is 317 g/mol. The molecular formula is C20H31NO2. The van der Waals surface area contributed by atoms with Crippen LogP contribution in [0.1, 0.15) is 71.1 Å². The van der Waals surface area contributed by atoms with E-state index in [0.717, 1.165) is 31.2 Å². The van der Waals surface area contributed by atoms with E-state index < -0.39 is 0 Å². The Hall–Kier alpha value is -0.830. The second-order valence-corrected chi connectivity index (χ2v) is 8.13. The first kappa shape index (κ1) is 15.7. The molecule has 0 N–H and O–H groups in total. The van der Waals surface area contributed by atoms with Crippen molar-refractivity contribution >= 4 is 5.97 Å². The number of carbonyl (C=O) groups excluding carboxylic acids is 1. The average Bonchev–Trinajstić information content (AvgIpc) is 3.39. The highest BCUT2D eigenvalue weighted by molar-refractivity contribution is 5.75. The molecule has 0 aromatic rings. The first-order valence-corrected chi connectivity index (χ1v) is 9.91. The Kier molecular flexibility index (Phi) is 4.49. The first-order valence-electron chi connectivity index (χ1n) is 9.91. The van der Waals surface area contributed by atoms with Crippen molar-refractivity contribution in [2.45, 2.75) is 83.3 Å². The summed E-state index contributed by atoms with van der Waals surface area (Å²) in [6, 6.07) is 0.764. The Bertz CT molecular complexity index is 492. The van der Waals surface area contributed by atoms with Crippen molar-refractivity contribution in [2.75, 3.05) is 13.1 Å². The maximum Gasteiger partial charge on any atom is 0.309 e. The van der Waals surface area contributed by atoms with Gasteiger partial charge in [0.05, 0.1) is 5.92 Å². The second kappa shape index (κ2) is 6.58. The van der Waals surface area contributed by atoms with E-state index in [9.17, 15) is 4.79 Å². The Morgan fingerprint density at radius 2 is 2.04 bits per heavy atom. The van der Waals surface area contributed by atoms with Crippen molar-refractivity contribution in [1.82, 2.24) is 4.90 Å². The third-order valence-corrected chi connectivity index (χ3v) is 6.44. The van der Waals surface area contributed by atoms with Gasteiger partial charge in [0.25, 0.3) is 0 Å². The van der Waals surface area contributed by atoms with E-state index in [4.69, 9.17) is 4.74 Å². The highest BCUT2D eigenvalue weighted by Crippen LogP contribution is 2.45. The molecular weight excluding hydrogens is 286 g/mol. The summed E-state index contributed by atoms with van der Waals surface area (Å²) in [5.74, 6) is 1.11. The number of hydrogen-bond donors (Lipinski definition) is 0. The molecule has 1 aliphatic heterocycles. The highest BCUT2D eigenvalue weighted by Gasteiger charge is 2.41. The number of piperidine rings is 1. The number of nitrogens with zero attached hydrogens (tertiary/aromatic N) is 1. The quantitative estimate of drug-likeness (QED) is 0.578. The Morgan fingerprint density at radius 3 is 2.83 bits per heavy atom. The molecule has 3 atom stereocenters. The lowest BCUT2D eigenvalue weighted by molar-refractivity contribution is -0.149. The largest absolute Gasteiger partial charge is 0.458 e. The van der Waals surface area contributed by atoms with Crippen LogP contribution in [0.4, 0.5) is 0 Å². The van der Waals surface area contributed by atoms with Crippen LogP contribution in [0, 0.1) is 11.8 Å². The number of likely N-dealkylation sites (tertiary alicyclic amines) is 1. The van der Waals surface area contributed by atoms with E-state index in [1.807, 2.05) is 0 Å². The first-order chi connectivity index (χ1) is 11.3. The number of esters is 1. The van der Waals surface area contributed by atoms with Crippen molar-refractivity contribution in [3.63, 3.8) is 0 Å². The molecule has 23 heavy (non-hydrogen) atoms. The summed E-state index contributed by atoms with van der Waals surface area (Å²) in [5.41, 5.74) is 3.18. The van der Waals surface area contributed by atoms with Crippen molar-refractivity contribution in [2.24, 2.45) is 11.8 Å². The lowest BCUT2D eigenvalue weighted by Gasteiger charge is -2.47. The molecule has 3 aliphatic carbocycles. The summed E-state index contributed by atoms with van der Waals surface area (Å²) in [4.78, 5) is 14.9. The predicted octanol–water partition coefficient (Wildman–Crippen LogP) is 4.07. The molecule has 3 nitrogen and oxygen atoms in total. The fraction of sp³-hybridized carbons (Fsp3) is 0.850. The van der Waals surface area contributed by atoms with Gasteiger partial charge in [-0.25, -0.2) is 0 Å². The topological polar surface area (TPSA) is 29.5 Å². The fourth-order valence-electron chi connectivity index (χ4n) is 5.10. The monoisotopic (exact) mass is 317 g/mol. The normalized spacial score (nSPS) is 34.7. The smallest absolute Gasteiger partial charge is 0.309 e. The van der Waals surface area contributed by atoms with Crippen LogP contribution in [0.5, 0.6) is 0 Å². The van der Waals surface area contributed by atoms with Crippen LogP contribution >= 0.6 is 0 Å². The SMILES string of the molecule is CCCN1CCC[C@@H]2CC3=C(CCC[C@H]3OC(=O)C3CC3)C[C@H]21. The van der Waals surface area contributed by atoms with Gasteiger partial charge in [0.2, 0.25) is 0 Å². The van der Waals surface area contributed by atoms with Crippen LogP contribution < -0.4 is 0 Å². The molecule has 1 saturated carbocycles. The van der Waals surface area contributed by atoms with Gasteiger partial charge >= 0.3 is 5.97 Å². The standard InChI is InChI=1S/C20H31NO2/c1-2-10-21-11-4-6-16-12-17-15(13-18(16)21)5-3-7-19(17)23-20(22)14-8-9-14/h14,16,18-19H,2-13H2,1H3/t16-,18-,19-/m1/s1. The summed E-state index contributed by atoms with van der Waals surface area (Å²) in [6.07, 6.45) is 12.1. The highest BCUT2D eigenvalue weighted by atomic mass is 16.5. The molecule has 0 aromatic heterocycles. The minimum atomic E-state index is 0.0853. The summed E-state index contributed by atoms with van der Waals surface area (Å²) in [6.45, 7) is 4.84. The van der Waals surface area contributed by atoms with E-state index in [0.29, 0.717) is 0 Å². The minimum absolute atomic E-state index is 0.0853. The maximum absolute atomic E-state index is 12.1. The lowest BCUT2D eigenvalue weighted by Crippen LogP contribution is -2.48. The van der Waals surface area contributed by atoms with Gasteiger partial charge in [-0.05, 0) is 88.8 Å². The van der Waals surface area contributed by atoms with Gasteiger partial charge in [-0.15, -0.1) is 0 Å². The molecule has 4 rings (SSSR count). The molecule has 0 bridgehead atoms. The van der Waals surface area contributed by atoms with Gasteiger partial charge < -0.3 is 4.74 Å². The predicted molar refractivity (Wildman–Crippen MR) is 91.1 cm³/mol. The number of hydrogen-bond acceptors (Lipinski definition) is 3. The molecule has 1 heterocycles. The zero-order valence-corrected chi connectivity index (χ0v) is 14.6. The lowest BCUT2D eigenvalue weighted by atomic mass is 9.70. The number of rotatable bonds is 4. The van der Waals surface area contributed by atoms with Crippen LogP contribution in [-0.4, -0.2) is 36.1 Å². The zero-order chi connectivity index (χ0) is 15.8. The van der Waals surface area contributed by atoms with Crippen molar-refractivity contribution < 1.29 is 9.53 Å². The molecule has 0 aromatic carbocycles. The van der Waals surface area contributed by atoms with Crippen LogP contribution in [-0.2, 0) is 9.53 Å². The van der Waals surface area contributed by atoms with Crippen LogP contribution in [0.15, 0.2) is 11.1 Å². The number of ether oxygens (including phenoxy) is 1. The van der Waals surface area contributed by atoms with Gasteiger partial charge in [0, 0.05) is 6.04 Å². The molecule has 4 aliphatic rings. The van der Waals surface area contributed by atoms with E-state index >= 15 is 0 Å². The minimum Gasteiger partial charge on any atom is -0.458 e. The van der Waals surface area contributed by atoms with E-state index in [1.165, 1.54) is 63.6 Å². The van der Waals surface area contributed by atoms with Gasteiger partial charge in [0.1, 0.15) is 6.10 Å². The number of carbonyl (C=O) groups is 1. The van der Waals surface area contributed by atoms with E-state index in [-0.39, 0.29) is 18.0 Å². The molecule has 0 unspecified atom stereocenters. The van der Waals surface area contributed by atoms with Crippen LogP contribution in [0.3, 0.4) is 0 Å². The third-order valence-electron chi connectivity index (χ3n) is 6.44. The Balaban J connectivity index is 1.50. The van der Waals surface area contributed by atoms with Crippen molar-refractivity contribution in [1.29, 1.82) is 0 Å². The molecule has 3 heteroatoms. The summed E-state index contributed by atoms with van der Waals surface area (Å²) < 4.78 is 5.93. The van der Waals surface area contributed by atoms with Crippen molar-refractivity contribution in [3.05, 3.63) is 11.1 Å². The summed E-state index contributed by atoms with van der Waals surface area (Å²) in [5, 5.41) is 0. The van der Waals surface area contributed by atoms with Gasteiger partial charge in [-0.2, -0.15) is 0 Å². The van der Waals surface area contributed by atoms with Gasteiger partial charge in [-0.3, -0.25) is 9.69 Å². The molecule has 2 fully saturated rings. The zero-order valence-electron chi connectivity index (χ0n) is 14.6.